The fourth-order valence-corrected chi connectivity index (χ4v) is 5.18. The zero-order chi connectivity index (χ0) is 19.3. The third kappa shape index (κ3) is 3.12. The molecule has 1 atom stereocenters. The van der Waals surface area contributed by atoms with Crippen LogP contribution in [-0.2, 0) is 12.8 Å². The molecule has 3 aromatic rings. The van der Waals surface area contributed by atoms with Gasteiger partial charge in [0, 0.05) is 10.4 Å². The van der Waals surface area contributed by atoms with Crippen LogP contribution >= 0.6 is 11.3 Å². The fourth-order valence-electron chi connectivity index (χ4n) is 3.88. The normalized spacial score (nSPS) is 17.1. The number of aromatic amines is 1. The first kappa shape index (κ1) is 18.0. The number of hydrogen-bond donors (Lipinski definition) is 2. The van der Waals surface area contributed by atoms with E-state index in [2.05, 4.69) is 25.8 Å². The van der Waals surface area contributed by atoms with Gasteiger partial charge in [0.25, 0.3) is 5.56 Å². The molecule has 0 aliphatic heterocycles. The number of aromatic nitrogens is 2. The summed E-state index contributed by atoms with van der Waals surface area (Å²) < 4.78 is 5.17. The van der Waals surface area contributed by atoms with Crippen LogP contribution < -0.4 is 10.3 Å². The van der Waals surface area contributed by atoms with E-state index in [1.165, 1.54) is 17.6 Å². The van der Waals surface area contributed by atoms with E-state index in [9.17, 15) is 9.90 Å². The number of ether oxygens (including phenoxy) is 1. The Hall–Kier alpha value is -2.34. The van der Waals surface area contributed by atoms with Gasteiger partial charge < -0.3 is 14.8 Å². The van der Waals surface area contributed by atoms with E-state index in [1.807, 2.05) is 0 Å². The van der Waals surface area contributed by atoms with E-state index in [1.54, 1.807) is 29.5 Å². The van der Waals surface area contributed by atoms with Crippen LogP contribution in [0.3, 0.4) is 0 Å². The number of methoxy groups -OCH3 is 1. The fraction of sp³-hybridized carbons (Fsp3) is 0.429. The van der Waals surface area contributed by atoms with Gasteiger partial charge in [-0.3, -0.25) is 4.79 Å². The monoisotopic (exact) mass is 384 g/mol. The van der Waals surface area contributed by atoms with Crippen LogP contribution in [0.1, 0.15) is 37.6 Å². The van der Waals surface area contributed by atoms with Crippen LogP contribution in [0.4, 0.5) is 0 Å². The third-order valence-corrected chi connectivity index (χ3v) is 6.75. The molecule has 2 aromatic heterocycles. The van der Waals surface area contributed by atoms with Crippen molar-refractivity contribution in [1.29, 1.82) is 0 Å². The molecule has 0 spiro atoms. The molecule has 1 aliphatic rings. The summed E-state index contributed by atoms with van der Waals surface area (Å²) in [7, 11) is 1.50. The maximum Gasteiger partial charge on any atom is 0.260 e. The number of benzene rings is 1. The lowest BCUT2D eigenvalue weighted by Gasteiger charge is -2.33. The summed E-state index contributed by atoms with van der Waals surface area (Å²) in [6, 6.07) is 4.96. The Morgan fingerprint density at radius 1 is 1.33 bits per heavy atom. The van der Waals surface area contributed by atoms with Crippen molar-refractivity contribution in [2.45, 2.75) is 40.0 Å². The molecule has 5 nitrogen and oxygen atoms in total. The molecule has 2 heterocycles. The molecule has 4 rings (SSSR count). The lowest BCUT2D eigenvalue weighted by atomic mass is 9.72. The number of phenols is 1. The maximum atomic E-state index is 12.8. The predicted molar refractivity (Wildman–Crippen MR) is 109 cm³/mol. The first-order valence-corrected chi connectivity index (χ1v) is 10.0. The average molecular weight is 385 g/mol. The van der Waals surface area contributed by atoms with Crippen molar-refractivity contribution in [3.8, 4) is 22.9 Å². The third-order valence-electron chi connectivity index (χ3n) is 5.60. The summed E-state index contributed by atoms with van der Waals surface area (Å²) in [5.41, 5.74) is 2.07. The summed E-state index contributed by atoms with van der Waals surface area (Å²) in [6.45, 7) is 6.87. The van der Waals surface area contributed by atoms with Gasteiger partial charge in [-0.25, -0.2) is 4.98 Å². The van der Waals surface area contributed by atoms with Gasteiger partial charge in [-0.15, -0.1) is 11.3 Å². The molecule has 0 fully saturated rings. The first-order chi connectivity index (χ1) is 12.8. The largest absolute Gasteiger partial charge is 0.504 e. The maximum absolute atomic E-state index is 12.8. The number of fused-ring (bicyclic) bond motifs is 3. The van der Waals surface area contributed by atoms with E-state index < -0.39 is 0 Å². The van der Waals surface area contributed by atoms with Gasteiger partial charge in [-0.2, -0.15) is 0 Å². The summed E-state index contributed by atoms with van der Waals surface area (Å²) in [6.07, 6.45) is 3.06. The van der Waals surface area contributed by atoms with E-state index in [0.717, 1.165) is 29.5 Å². The molecule has 0 unspecified atom stereocenters. The molecule has 6 heteroatoms. The van der Waals surface area contributed by atoms with E-state index >= 15 is 0 Å². The minimum Gasteiger partial charge on any atom is -0.504 e. The van der Waals surface area contributed by atoms with Gasteiger partial charge in [-0.05, 0) is 54.4 Å². The second-order valence-corrected chi connectivity index (χ2v) is 9.37. The van der Waals surface area contributed by atoms with Gasteiger partial charge in [0.05, 0.1) is 12.5 Å². The van der Waals surface area contributed by atoms with Gasteiger partial charge in [0.2, 0.25) is 0 Å². The van der Waals surface area contributed by atoms with Crippen LogP contribution in [0.15, 0.2) is 23.0 Å². The Morgan fingerprint density at radius 3 is 2.81 bits per heavy atom. The highest BCUT2D eigenvalue weighted by Gasteiger charge is 2.31. The van der Waals surface area contributed by atoms with Crippen molar-refractivity contribution in [2.75, 3.05) is 7.11 Å². The van der Waals surface area contributed by atoms with Gasteiger partial charge in [-0.1, -0.05) is 20.8 Å². The van der Waals surface area contributed by atoms with Crippen LogP contribution in [-0.4, -0.2) is 22.2 Å². The summed E-state index contributed by atoms with van der Waals surface area (Å²) in [5, 5.41) is 10.5. The Labute approximate surface area is 162 Å². The number of nitrogens with one attached hydrogen (secondary N) is 1. The standard InChI is InChI=1S/C21H24N2O3S/c1-21(2,3)12-6-7-13-16(10-12)27-20-17(13)19(25)22-18(23-20)11-5-8-14(24)15(9-11)26-4/h5,8-9,12,24H,6-7,10H2,1-4H3,(H,22,23,25)/t12-/m0/s1. The molecule has 0 radical (unpaired) electrons. The molecular formula is C21H24N2O3S. The van der Waals surface area contributed by atoms with Crippen LogP contribution in [0, 0.1) is 11.3 Å². The van der Waals surface area contributed by atoms with E-state index in [0.29, 0.717) is 23.1 Å². The smallest absolute Gasteiger partial charge is 0.260 e. The van der Waals surface area contributed by atoms with Crippen molar-refractivity contribution >= 4 is 21.6 Å². The Kier molecular flexibility index (Phi) is 4.26. The number of aromatic hydroxyl groups is 1. The van der Waals surface area contributed by atoms with Crippen LogP contribution in [0.2, 0.25) is 0 Å². The number of rotatable bonds is 2. The molecule has 1 aliphatic carbocycles. The zero-order valence-electron chi connectivity index (χ0n) is 16.0. The van der Waals surface area contributed by atoms with Crippen LogP contribution in [0.5, 0.6) is 11.5 Å². The highest BCUT2D eigenvalue weighted by Crippen LogP contribution is 2.42. The van der Waals surface area contributed by atoms with Crippen molar-refractivity contribution < 1.29 is 9.84 Å². The van der Waals surface area contributed by atoms with Gasteiger partial charge in [0.15, 0.2) is 11.5 Å². The SMILES string of the molecule is COc1cc(-c2nc3sc4c(c3c(=O)[nH]2)CC[C@H](C(C)(C)C)C4)ccc1O. The topological polar surface area (TPSA) is 75.2 Å². The van der Waals surface area contributed by atoms with Gasteiger partial charge in [0.1, 0.15) is 10.7 Å². The van der Waals surface area contributed by atoms with E-state index in [4.69, 9.17) is 9.72 Å². The quantitative estimate of drug-likeness (QED) is 0.681. The molecule has 142 valence electrons. The molecule has 0 saturated heterocycles. The highest BCUT2D eigenvalue weighted by molar-refractivity contribution is 7.18. The van der Waals surface area contributed by atoms with Crippen molar-refractivity contribution in [3.05, 3.63) is 39.0 Å². The minimum absolute atomic E-state index is 0.0597. The van der Waals surface area contributed by atoms with Crippen molar-refractivity contribution in [2.24, 2.45) is 11.3 Å². The number of nitrogens with zero attached hydrogens (tertiary/aromatic N) is 1. The molecule has 1 aromatic carbocycles. The van der Waals surface area contributed by atoms with Gasteiger partial charge >= 0.3 is 0 Å². The Morgan fingerprint density at radius 2 is 2.11 bits per heavy atom. The molecule has 0 saturated carbocycles. The Balaban J connectivity index is 1.81. The molecule has 0 amide bonds. The summed E-state index contributed by atoms with van der Waals surface area (Å²) in [5.74, 6) is 1.54. The zero-order valence-corrected chi connectivity index (χ0v) is 16.9. The molecular weight excluding hydrogens is 360 g/mol. The van der Waals surface area contributed by atoms with Crippen molar-refractivity contribution in [3.63, 3.8) is 0 Å². The molecule has 27 heavy (non-hydrogen) atoms. The summed E-state index contributed by atoms with van der Waals surface area (Å²) >= 11 is 1.64. The number of thiophene rings is 1. The first-order valence-electron chi connectivity index (χ1n) is 9.20. The second-order valence-electron chi connectivity index (χ2n) is 8.29. The number of aryl methyl sites for hydroxylation is 1. The minimum atomic E-state index is -0.0891. The van der Waals surface area contributed by atoms with E-state index in [-0.39, 0.29) is 16.7 Å². The molecule has 0 bridgehead atoms. The number of phenolic OH excluding ortho intramolecular Hbond substituents is 1. The highest BCUT2D eigenvalue weighted by atomic mass is 32.1. The lowest BCUT2D eigenvalue weighted by molar-refractivity contribution is 0.218. The van der Waals surface area contributed by atoms with Crippen LogP contribution in [0.25, 0.3) is 21.6 Å². The summed E-state index contributed by atoms with van der Waals surface area (Å²) in [4.78, 5) is 22.6. The number of hydrogen-bond acceptors (Lipinski definition) is 5. The number of H-pyrrole nitrogens is 1. The average Bonchev–Trinajstić information content (AvgIpc) is 2.99. The second kappa shape index (κ2) is 6.37. The molecule has 2 N–H and O–H groups in total. The predicted octanol–water partition coefficient (Wildman–Crippen LogP) is 4.52. The lowest BCUT2D eigenvalue weighted by Crippen LogP contribution is -2.26. The van der Waals surface area contributed by atoms with Crippen molar-refractivity contribution in [1.82, 2.24) is 9.97 Å². The Bertz CT molecular complexity index is 1080.